The van der Waals surface area contributed by atoms with E-state index in [1.807, 2.05) is 39.0 Å². The van der Waals surface area contributed by atoms with E-state index >= 15 is 0 Å². The fourth-order valence-corrected chi connectivity index (χ4v) is 2.18. The normalized spacial score (nSPS) is 11.2. The highest BCUT2D eigenvalue weighted by molar-refractivity contribution is 6.49. The second kappa shape index (κ2) is 5.41. The molecule has 2 rings (SSSR count). The van der Waals surface area contributed by atoms with Crippen molar-refractivity contribution in [1.82, 2.24) is 0 Å². The van der Waals surface area contributed by atoms with Gasteiger partial charge in [0, 0.05) is 11.1 Å². The number of carbonyl (C=O) groups excluding carboxylic acids is 2. The Kier molecular flexibility index (Phi) is 3.84. The lowest BCUT2D eigenvalue weighted by atomic mass is 9.82. The van der Waals surface area contributed by atoms with Gasteiger partial charge in [0.25, 0.3) is 0 Å². The third-order valence-electron chi connectivity index (χ3n) is 3.22. The molecular formula is C18H18O2. The van der Waals surface area contributed by atoms with Crippen LogP contribution in [0.4, 0.5) is 0 Å². The highest BCUT2D eigenvalue weighted by atomic mass is 16.2. The maximum absolute atomic E-state index is 12.5. The number of carbonyl (C=O) groups is 2. The predicted molar refractivity (Wildman–Crippen MR) is 80.2 cm³/mol. The summed E-state index contributed by atoms with van der Waals surface area (Å²) in [6.45, 7) is 6.10. The van der Waals surface area contributed by atoms with Crippen molar-refractivity contribution in [3.8, 4) is 0 Å². The first-order valence-electron chi connectivity index (χ1n) is 6.65. The molecule has 0 spiro atoms. The molecule has 0 aromatic heterocycles. The Balaban J connectivity index is 2.43. The molecule has 102 valence electrons. The highest BCUT2D eigenvalue weighted by Gasteiger charge is 2.25. The van der Waals surface area contributed by atoms with E-state index in [0.717, 1.165) is 5.56 Å². The molecule has 0 atom stereocenters. The highest BCUT2D eigenvalue weighted by Crippen LogP contribution is 2.26. The van der Waals surface area contributed by atoms with E-state index in [2.05, 4.69) is 0 Å². The number of Topliss-reactive ketones (excluding diaryl/α,β-unsaturated/α-hetero) is 2. The monoisotopic (exact) mass is 266 g/mol. The van der Waals surface area contributed by atoms with Crippen LogP contribution in [0.15, 0.2) is 54.6 Å². The van der Waals surface area contributed by atoms with E-state index in [1.165, 1.54) is 0 Å². The maximum atomic E-state index is 12.5. The Morgan fingerprint density at radius 1 is 0.750 bits per heavy atom. The quantitative estimate of drug-likeness (QED) is 0.620. The second-order valence-electron chi connectivity index (χ2n) is 5.82. The molecule has 2 aromatic rings. The molecule has 0 unspecified atom stereocenters. The van der Waals surface area contributed by atoms with Crippen LogP contribution in [0, 0.1) is 0 Å². The molecule has 0 N–H and O–H groups in total. The summed E-state index contributed by atoms with van der Waals surface area (Å²) in [5, 5.41) is 0. The van der Waals surface area contributed by atoms with Gasteiger partial charge in [-0.3, -0.25) is 9.59 Å². The lowest BCUT2D eigenvalue weighted by Crippen LogP contribution is -2.21. The maximum Gasteiger partial charge on any atom is 0.233 e. The van der Waals surface area contributed by atoms with Gasteiger partial charge in [-0.2, -0.15) is 0 Å². The zero-order valence-corrected chi connectivity index (χ0v) is 12.0. The van der Waals surface area contributed by atoms with E-state index in [4.69, 9.17) is 0 Å². The molecule has 0 aliphatic rings. The number of rotatable bonds is 3. The average molecular weight is 266 g/mol. The zero-order valence-electron chi connectivity index (χ0n) is 12.0. The Morgan fingerprint density at radius 2 is 1.30 bits per heavy atom. The van der Waals surface area contributed by atoms with Crippen molar-refractivity contribution in [3.63, 3.8) is 0 Å². The van der Waals surface area contributed by atoms with Crippen LogP contribution in [0.3, 0.4) is 0 Å². The summed E-state index contributed by atoms with van der Waals surface area (Å²) >= 11 is 0. The number of hydrogen-bond acceptors (Lipinski definition) is 2. The van der Waals surface area contributed by atoms with E-state index in [1.54, 1.807) is 36.4 Å². The predicted octanol–water partition coefficient (Wildman–Crippen LogP) is 4.05. The molecule has 0 amide bonds. The number of hydrogen-bond donors (Lipinski definition) is 0. The standard InChI is InChI=1S/C18H18O2/c1-18(2,3)15-12-8-7-11-14(15)17(20)16(19)13-9-5-4-6-10-13/h4-12H,1-3H3. The van der Waals surface area contributed by atoms with Crippen molar-refractivity contribution in [2.24, 2.45) is 0 Å². The summed E-state index contributed by atoms with van der Waals surface area (Å²) in [4.78, 5) is 24.7. The molecule has 2 heteroatoms. The van der Waals surface area contributed by atoms with Gasteiger partial charge < -0.3 is 0 Å². The molecule has 20 heavy (non-hydrogen) atoms. The van der Waals surface area contributed by atoms with E-state index in [9.17, 15) is 9.59 Å². The van der Waals surface area contributed by atoms with Crippen LogP contribution < -0.4 is 0 Å². The van der Waals surface area contributed by atoms with Crippen molar-refractivity contribution >= 4 is 11.6 Å². The molecule has 0 radical (unpaired) electrons. The molecule has 0 fully saturated rings. The Labute approximate surface area is 119 Å². The summed E-state index contributed by atoms with van der Waals surface area (Å²) in [5.41, 5.74) is 1.65. The van der Waals surface area contributed by atoms with Gasteiger partial charge in [0.15, 0.2) is 0 Å². The van der Waals surface area contributed by atoms with Gasteiger partial charge in [-0.1, -0.05) is 75.4 Å². The van der Waals surface area contributed by atoms with E-state index in [0.29, 0.717) is 11.1 Å². The van der Waals surface area contributed by atoms with Gasteiger partial charge >= 0.3 is 0 Å². The first-order chi connectivity index (χ1) is 9.41. The number of ketones is 2. The molecule has 0 heterocycles. The van der Waals surface area contributed by atoms with Crippen LogP contribution >= 0.6 is 0 Å². The molecule has 0 saturated heterocycles. The largest absolute Gasteiger partial charge is 0.285 e. The van der Waals surface area contributed by atoms with Crippen molar-refractivity contribution in [2.75, 3.05) is 0 Å². The average Bonchev–Trinajstić information content (AvgIpc) is 2.46. The Morgan fingerprint density at radius 3 is 1.90 bits per heavy atom. The van der Waals surface area contributed by atoms with Crippen LogP contribution in [0.2, 0.25) is 0 Å². The number of benzene rings is 2. The molecule has 2 nitrogen and oxygen atoms in total. The Hall–Kier alpha value is -2.22. The molecule has 0 aliphatic heterocycles. The second-order valence-corrected chi connectivity index (χ2v) is 5.82. The van der Waals surface area contributed by atoms with Gasteiger partial charge in [-0.15, -0.1) is 0 Å². The minimum absolute atomic E-state index is 0.177. The van der Waals surface area contributed by atoms with Gasteiger partial charge in [-0.25, -0.2) is 0 Å². The van der Waals surface area contributed by atoms with E-state index in [-0.39, 0.29) is 5.41 Å². The third kappa shape index (κ3) is 2.85. The summed E-state index contributed by atoms with van der Waals surface area (Å²) in [6, 6.07) is 16.0. The van der Waals surface area contributed by atoms with Crippen LogP contribution in [0.25, 0.3) is 0 Å². The molecule has 2 aromatic carbocycles. The first kappa shape index (κ1) is 14.2. The van der Waals surface area contributed by atoms with Crippen molar-refractivity contribution in [3.05, 3.63) is 71.3 Å². The van der Waals surface area contributed by atoms with Gasteiger partial charge in [0.2, 0.25) is 11.6 Å². The topological polar surface area (TPSA) is 34.1 Å². The lowest BCUT2D eigenvalue weighted by molar-refractivity contribution is 0.0815. The minimum Gasteiger partial charge on any atom is -0.285 e. The van der Waals surface area contributed by atoms with Crippen molar-refractivity contribution in [1.29, 1.82) is 0 Å². The fraction of sp³-hybridized carbons (Fsp3) is 0.222. The zero-order chi connectivity index (χ0) is 14.8. The smallest absolute Gasteiger partial charge is 0.233 e. The third-order valence-corrected chi connectivity index (χ3v) is 3.22. The minimum atomic E-state index is -0.456. The molecular weight excluding hydrogens is 248 g/mol. The van der Waals surface area contributed by atoms with Crippen LogP contribution in [0.5, 0.6) is 0 Å². The first-order valence-corrected chi connectivity index (χ1v) is 6.65. The van der Waals surface area contributed by atoms with Gasteiger partial charge in [-0.05, 0) is 11.0 Å². The van der Waals surface area contributed by atoms with Crippen LogP contribution in [-0.4, -0.2) is 11.6 Å². The lowest BCUT2D eigenvalue weighted by Gasteiger charge is -2.21. The summed E-state index contributed by atoms with van der Waals surface area (Å²) in [7, 11) is 0. The van der Waals surface area contributed by atoms with Crippen molar-refractivity contribution in [2.45, 2.75) is 26.2 Å². The molecule has 0 aliphatic carbocycles. The van der Waals surface area contributed by atoms with Crippen LogP contribution in [-0.2, 0) is 5.41 Å². The van der Waals surface area contributed by atoms with Gasteiger partial charge in [0.05, 0.1) is 0 Å². The van der Waals surface area contributed by atoms with E-state index < -0.39 is 11.6 Å². The fourth-order valence-electron chi connectivity index (χ4n) is 2.18. The Bertz CT molecular complexity index is 634. The van der Waals surface area contributed by atoms with Crippen molar-refractivity contribution < 1.29 is 9.59 Å². The SMILES string of the molecule is CC(C)(C)c1ccccc1C(=O)C(=O)c1ccccc1. The summed E-state index contributed by atoms with van der Waals surface area (Å²) in [5.74, 6) is -0.899. The summed E-state index contributed by atoms with van der Waals surface area (Å²) < 4.78 is 0. The molecule has 0 saturated carbocycles. The van der Waals surface area contributed by atoms with Crippen LogP contribution in [0.1, 0.15) is 47.1 Å². The summed E-state index contributed by atoms with van der Waals surface area (Å²) in [6.07, 6.45) is 0. The molecule has 0 bridgehead atoms. The van der Waals surface area contributed by atoms with Gasteiger partial charge in [0.1, 0.15) is 0 Å².